The van der Waals surface area contributed by atoms with Crippen molar-refractivity contribution in [2.75, 3.05) is 33.2 Å². The number of benzene rings is 1. The van der Waals surface area contributed by atoms with Gasteiger partial charge >= 0.3 is 0 Å². The third kappa shape index (κ3) is 3.04. The van der Waals surface area contributed by atoms with E-state index in [-0.39, 0.29) is 0 Å². The van der Waals surface area contributed by atoms with Gasteiger partial charge in [-0.25, -0.2) is 0 Å². The van der Waals surface area contributed by atoms with Gasteiger partial charge < -0.3 is 10.2 Å². The van der Waals surface area contributed by atoms with Crippen LogP contribution < -0.4 is 5.32 Å². The average molecular weight is 219 g/mol. The molecule has 1 heterocycles. The van der Waals surface area contributed by atoms with Crippen molar-refractivity contribution in [1.29, 1.82) is 0 Å². The third-order valence-corrected chi connectivity index (χ3v) is 3.22. The fraction of sp³-hybridized carbons (Fsp3) is 0.462. The molecule has 1 aliphatic heterocycles. The first-order valence-electron chi connectivity index (χ1n) is 5.90. The first-order valence-corrected chi connectivity index (χ1v) is 5.90. The molecule has 0 bridgehead atoms. The topological polar surface area (TPSA) is 23.1 Å². The minimum atomic E-state index is 1.07. The monoisotopic (exact) mass is 219 g/mol. The zero-order valence-corrected chi connectivity index (χ0v) is 10.0. The van der Waals surface area contributed by atoms with Crippen molar-refractivity contribution >= 4 is 5.69 Å². The van der Waals surface area contributed by atoms with Gasteiger partial charge in [0.2, 0.25) is 0 Å². The van der Waals surface area contributed by atoms with Gasteiger partial charge in [-0.15, -0.1) is 7.05 Å². The molecular weight excluding hydrogens is 198 g/mol. The Morgan fingerprint density at radius 3 is 2.31 bits per heavy atom. The summed E-state index contributed by atoms with van der Waals surface area (Å²) in [5.41, 5.74) is 2.59. The van der Waals surface area contributed by atoms with Crippen LogP contribution in [0.1, 0.15) is 5.56 Å². The number of hydrogen-bond acceptors (Lipinski definition) is 2. The second kappa shape index (κ2) is 5.43. The van der Waals surface area contributed by atoms with Crippen molar-refractivity contribution in [3.8, 4) is 0 Å². The number of rotatable bonds is 3. The van der Waals surface area contributed by atoms with Crippen LogP contribution in [-0.4, -0.2) is 43.0 Å². The zero-order valence-electron chi connectivity index (χ0n) is 10.0. The highest BCUT2D eigenvalue weighted by molar-refractivity contribution is 5.31. The molecule has 0 amide bonds. The van der Waals surface area contributed by atoms with Crippen LogP contribution in [-0.2, 0) is 6.54 Å². The molecule has 2 N–H and O–H groups in total. The molecule has 3 nitrogen and oxygen atoms in total. The van der Waals surface area contributed by atoms with Crippen molar-refractivity contribution in [3.63, 3.8) is 0 Å². The summed E-state index contributed by atoms with van der Waals surface area (Å²) in [6, 6.07) is 8.68. The molecule has 3 heteroatoms. The summed E-state index contributed by atoms with van der Waals surface area (Å²) < 4.78 is 0. The number of quaternary nitrogens is 1. The summed E-state index contributed by atoms with van der Waals surface area (Å²) >= 11 is 0. The Balaban J connectivity index is 1.88. The van der Waals surface area contributed by atoms with Crippen molar-refractivity contribution < 1.29 is 5.32 Å². The Morgan fingerprint density at radius 2 is 1.75 bits per heavy atom. The van der Waals surface area contributed by atoms with E-state index in [0.29, 0.717) is 0 Å². The van der Waals surface area contributed by atoms with Crippen LogP contribution in [0.5, 0.6) is 0 Å². The minimum absolute atomic E-state index is 1.07. The van der Waals surface area contributed by atoms with Crippen LogP contribution in [0.3, 0.4) is 0 Å². The Hall–Kier alpha value is -0.900. The van der Waals surface area contributed by atoms with Gasteiger partial charge in [0, 0.05) is 32.7 Å². The summed E-state index contributed by atoms with van der Waals surface area (Å²) in [5.74, 6) is 0. The second-order valence-electron chi connectivity index (χ2n) is 4.53. The first kappa shape index (κ1) is 11.6. The van der Waals surface area contributed by atoms with Gasteiger partial charge in [-0.3, -0.25) is 4.90 Å². The molecule has 0 aromatic heterocycles. The lowest BCUT2D eigenvalue weighted by atomic mass is 10.2. The molecular formula is C13H21N3. The Labute approximate surface area is 98.0 Å². The van der Waals surface area contributed by atoms with Gasteiger partial charge in [-0.1, -0.05) is 12.1 Å². The summed E-state index contributed by atoms with van der Waals surface area (Å²) in [5, 5.41) is 1.89. The van der Waals surface area contributed by atoms with Gasteiger partial charge in [0.25, 0.3) is 0 Å². The summed E-state index contributed by atoms with van der Waals surface area (Å²) in [4.78, 5) is 4.90. The van der Waals surface area contributed by atoms with E-state index in [9.17, 15) is 0 Å². The van der Waals surface area contributed by atoms with E-state index in [4.69, 9.17) is 0 Å². The van der Waals surface area contributed by atoms with Gasteiger partial charge in [0.15, 0.2) is 0 Å². The number of nitrogens with two attached hydrogens (primary N) is 1. The van der Waals surface area contributed by atoms with Crippen LogP contribution in [0.4, 0.5) is 5.69 Å². The smallest absolute Gasteiger partial charge is 0.103 e. The molecule has 16 heavy (non-hydrogen) atoms. The molecule has 88 valence electrons. The molecule has 2 rings (SSSR count). The van der Waals surface area contributed by atoms with E-state index >= 15 is 0 Å². The molecule has 1 aromatic rings. The highest BCUT2D eigenvalue weighted by atomic mass is 15.2. The molecule has 0 spiro atoms. The largest absolute Gasteiger partial charge is 0.446 e. The summed E-state index contributed by atoms with van der Waals surface area (Å²) in [6.45, 7) is 5.81. The van der Waals surface area contributed by atoms with E-state index in [1.165, 1.54) is 37.4 Å². The molecule has 0 aliphatic carbocycles. The second-order valence-corrected chi connectivity index (χ2v) is 4.53. The maximum atomic E-state index is 3.77. The molecule has 1 aliphatic rings. The van der Waals surface area contributed by atoms with Crippen molar-refractivity contribution in [2.24, 2.45) is 0 Å². The van der Waals surface area contributed by atoms with E-state index in [0.717, 1.165) is 6.54 Å². The highest BCUT2D eigenvalue weighted by Gasteiger charge is 2.13. The van der Waals surface area contributed by atoms with Crippen molar-refractivity contribution in [2.45, 2.75) is 6.54 Å². The maximum absolute atomic E-state index is 3.77. The lowest BCUT2D eigenvalue weighted by Crippen LogP contribution is -2.69. The van der Waals surface area contributed by atoms with Gasteiger partial charge in [0.1, 0.15) is 5.69 Å². The standard InChI is InChI=1S/C13H21N3/c1-14-13-5-3-12(4-6-13)11-16-9-7-15(2)8-10-16/h3-6H,1,7-11,14H2,2H3. The fourth-order valence-corrected chi connectivity index (χ4v) is 2.02. The fourth-order valence-electron chi connectivity index (χ4n) is 2.02. The molecule has 1 fully saturated rings. The van der Waals surface area contributed by atoms with Crippen LogP contribution in [0, 0.1) is 7.05 Å². The third-order valence-electron chi connectivity index (χ3n) is 3.22. The van der Waals surface area contributed by atoms with Gasteiger partial charge in [-0.05, 0) is 24.7 Å². The Kier molecular flexibility index (Phi) is 3.93. The van der Waals surface area contributed by atoms with Crippen molar-refractivity contribution in [1.82, 2.24) is 9.80 Å². The number of hydrogen-bond donors (Lipinski definition) is 1. The van der Waals surface area contributed by atoms with E-state index < -0.39 is 0 Å². The van der Waals surface area contributed by atoms with E-state index in [1.54, 1.807) is 0 Å². The van der Waals surface area contributed by atoms with Crippen LogP contribution >= 0.6 is 0 Å². The van der Waals surface area contributed by atoms with Gasteiger partial charge in [0.05, 0.1) is 0 Å². The maximum Gasteiger partial charge on any atom is 0.103 e. The van der Waals surface area contributed by atoms with E-state index in [2.05, 4.69) is 48.2 Å². The molecule has 0 saturated carbocycles. The predicted octanol–water partition coefficient (Wildman–Crippen LogP) is 0.420. The molecule has 0 unspecified atom stereocenters. The first-order chi connectivity index (χ1) is 7.78. The van der Waals surface area contributed by atoms with Gasteiger partial charge in [-0.2, -0.15) is 0 Å². The van der Waals surface area contributed by atoms with Crippen LogP contribution in [0.15, 0.2) is 24.3 Å². The molecule has 1 saturated heterocycles. The Bertz CT molecular complexity index is 312. The molecule has 0 radical (unpaired) electrons. The lowest BCUT2D eigenvalue weighted by molar-refractivity contribution is -0.504. The summed E-state index contributed by atoms with van der Waals surface area (Å²) in [6.07, 6.45) is 0. The molecule has 0 atom stereocenters. The average Bonchev–Trinajstić information content (AvgIpc) is 2.33. The number of likely N-dealkylation sites (N-methyl/N-ethyl adjacent to an activating group) is 1. The lowest BCUT2D eigenvalue weighted by Gasteiger charge is -2.32. The Morgan fingerprint density at radius 1 is 1.12 bits per heavy atom. The highest BCUT2D eigenvalue weighted by Crippen LogP contribution is 2.09. The summed E-state index contributed by atoms with van der Waals surface area (Å²) in [7, 11) is 5.96. The van der Waals surface area contributed by atoms with E-state index in [1.807, 2.05) is 5.32 Å². The molecule has 1 aromatic carbocycles. The zero-order chi connectivity index (χ0) is 11.4. The minimum Gasteiger partial charge on any atom is -0.446 e. The number of nitrogens with zero attached hydrogens (tertiary/aromatic N) is 2. The van der Waals surface area contributed by atoms with Crippen molar-refractivity contribution in [3.05, 3.63) is 36.9 Å². The predicted molar refractivity (Wildman–Crippen MR) is 66.2 cm³/mol. The number of piperazine rings is 1. The van der Waals surface area contributed by atoms with Crippen LogP contribution in [0.25, 0.3) is 0 Å². The SMILES string of the molecule is [CH2-][NH2+]c1ccc(CN2CCN(C)CC2)cc1. The quantitative estimate of drug-likeness (QED) is 0.588. The normalized spacial score (nSPS) is 18.9. The van der Waals surface area contributed by atoms with Crippen LogP contribution in [0.2, 0.25) is 0 Å².